The van der Waals surface area contributed by atoms with Crippen LogP contribution >= 0.6 is 11.8 Å². The Labute approximate surface area is 102 Å². The molecular weight excluding hydrogens is 220 g/mol. The lowest BCUT2D eigenvalue weighted by atomic mass is 10.3. The van der Waals surface area contributed by atoms with Crippen LogP contribution in [-0.4, -0.2) is 33.1 Å². The highest BCUT2D eigenvalue weighted by atomic mass is 32.2. The van der Waals surface area contributed by atoms with Gasteiger partial charge in [-0.2, -0.15) is 0 Å². The normalized spacial score (nSPS) is 11.3. The van der Waals surface area contributed by atoms with Crippen molar-refractivity contribution >= 4 is 11.8 Å². The van der Waals surface area contributed by atoms with Crippen molar-refractivity contribution in [3.63, 3.8) is 0 Å². The molecule has 5 heteroatoms. The molecule has 0 aliphatic heterocycles. The molecular formula is C11H22N4S. The van der Waals surface area contributed by atoms with Gasteiger partial charge in [0.05, 0.1) is 0 Å². The van der Waals surface area contributed by atoms with Crippen LogP contribution in [-0.2, 0) is 7.05 Å². The first-order valence-electron chi connectivity index (χ1n) is 5.83. The second-order valence-corrected chi connectivity index (χ2v) is 5.32. The summed E-state index contributed by atoms with van der Waals surface area (Å²) < 4.78 is 2.04. The van der Waals surface area contributed by atoms with Crippen LogP contribution in [0.15, 0.2) is 5.16 Å². The van der Waals surface area contributed by atoms with Gasteiger partial charge in [0.2, 0.25) is 0 Å². The Morgan fingerprint density at radius 2 is 2.06 bits per heavy atom. The molecule has 1 N–H and O–H groups in total. The summed E-state index contributed by atoms with van der Waals surface area (Å²) in [5, 5.41) is 12.6. The first kappa shape index (κ1) is 13.5. The third-order valence-corrected chi connectivity index (χ3v) is 3.51. The van der Waals surface area contributed by atoms with Crippen molar-refractivity contribution in [2.24, 2.45) is 7.05 Å². The van der Waals surface area contributed by atoms with Crippen LogP contribution in [0.4, 0.5) is 0 Å². The molecule has 0 amide bonds. The van der Waals surface area contributed by atoms with Gasteiger partial charge in [0.1, 0.15) is 5.82 Å². The highest BCUT2D eigenvalue weighted by Gasteiger charge is 2.04. The van der Waals surface area contributed by atoms with Crippen LogP contribution in [0.25, 0.3) is 0 Å². The molecule has 0 aromatic carbocycles. The molecule has 0 aliphatic rings. The minimum atomic E-state index is 0.592. The van der Waals surface area contributed by atoms with E-state index in [0.29, 0.717) is 6.04 Å². The molecule has 0 saturated heterocycles. The molecule has 0 saturated carbocycles. The summed E-state index contributed by atoms with van der Waals surface area (Å²) in [6.45, 7) is 7.44. The number of unbranched alkanes of at least 4 members (excludes halogenated alkanes) is 1. The van der Waals surface area contributed by atoms with E-state index >= 15 is 0 Å². The molecule has 4 nitrogen and oxygen atoms in total. The Morgan fingerprint density at radius 3 is 2.62 bits per heavy atom. The van der Waals surface area contributed by atoms with Gasteiger partial charge in [-0.3, -0.25) is 0 Å². The number of rotatable bonds is 7. The van der Waals surface area contributed by atoms with E-state index in [-0.39, 0.29) is 0 Å². The molecule has 1 heterocycles. The molecule has 0 aliphatic carbocycles. The summed E-state index contributed by atoms with van der Waals surface area (Å²) >= 11 is 1.79. The van der Waals surface area contributed by atoms with Gasteiger partial charge in [0, 0.05) is 18.8 Å². The second kappa shape index (κ2) is 6.91. The Hall–Kier alpha value is -0.550. The Balaban J connectivity index is 2.10. The number of aryl methyl sites for hydroxylation is 1. The molecule has 0 atom stereocenters. The maximum Gasteiger partial charge on any atom is 0.190 e. The Kier molecular flexibility index (Phi) is 5.84. The molecule has 0 fully saturated rings. The fourth-order valence-corrected chi connectivity index (χ4v) is 2.25. The van der Waals surface area contributed by atoms with Gasteiger partial charge in [-0.1, -0.05) is 25.6 Å². The van der Waals surface area contributed by atoms with E-state index in [2.05, 4.69) is 29.4 Å². The number of aromatic nitrogens is 3. The Morgan fingerprint density at radius 1 is 1.31 bits per heavy atom. The largest absolute Gasteiger partial charge is 0.315 e. The molecule has 0 bridgehead atoms. The first-order chi connectivity index (χ1) is 7.61. The maximum absolute atomic E-state index is 4.12. The van der Waals surface area contributed by atoms with E-state index in [9.17, 15) is 0 Å². The fourth-order valence-electron chi connectivity index (χ4n) is 1.29. The lowest BCUT2D eigenvalue weighted by Crippen LogP contribution is -2.23. The summed E-state index contributed by atoms with van der Waals surface area (Å²) in [5.41, 5.74) is 0. The highest BCUT2D eigenvalue weighted by molar-refractivity contribution is 7.99. The fraction of sp³-hybridized carbons (Fsp3) is 0.818. The third kappa shape index (κ3) is 4.53. The van der Waals surface area contributed by atoms with Crippen LogP contribution in [0.3, 0.4) is 0 Å². The molecule has 1 rings (SSSR count). The maximum atomic E-state index is 4.12. The number of nitrogens with zero attached hydrogens (tertiary/aromatic N) is 3. The van der Waals surface area contributed by atoms with Crippen LogP contribution in [0.2, 0.25) is 0 Å². The summed E-state index contributed by atoms with van der Waals surface area (Å²) in [6.07, 6.45) is 2.44. The van der Waals surface area contributed by atoms with Crippen molar-refractivity contribution in [3.8, 4) is 0 Å². The molecule has 1 aromatic rings. The lowest BCUT2D eigenvalue weighted by Gasteiger charge is -2.07. The second-order valence-electron chi connectivity index (χ2n) is 4.25. The zero-order valence-corrected chi connectivity index (χ0v) is 11.5. The average Bonchev–Trinajstić information content (AvgIpc) is 2.54. The standard InChI is InChI=1S/C11H22N4S/c1-9(2)12-7-5-6-8-16-11-14-13-10(3)15(11)4/h9,12H,5-8H2,1-4H3. The molecule has 16 heavy (non-hydrogen) atoms. The minimum absolute atomic E-state index is 0.592. The van der Waals surface area contributed by atoms with Gasteiger partial charge in [-0.25, -0.2) is 0 Å². The summed E-state index contributed by atoms with van der Waals surface area (Å²) in [5.74, 6) is 2.09. The Bertz CT molecular complexity index is 309. The van der Waals surface area contributed by atoms with E-state index in [1.165, 1.54) is 12.8 Å². The predicted octanol–water partition coefficient (Wildman–Crippen LogP) is 1.99. The summed E-state index contributed by atoms with van der Waals surface area (Å²) in [7, 11) is 2.01. The van der Waals surface area contributed by atoms with E-state index < -0.39 is 0 Å². The zero-order chi connectivity index (χ0) is 12.0. The molecule has 92 valence electrons. The highest BCUT2D eigenvalue weighted by Crippen LogP contribution is 2.16. The van der Waals surface area contributed by atoms with E-state index in [0.717, 1.165) is 23.3 Å². The van der Waals surface area contributed by atoms with Gasteiger partial charge < -0.3 is 9.88 Å². The van der Waals surface area contributed by atoms with Crippen LogP contribution in [0.1, 0.15) is 32.5 Å². The van der Waals surface area contributed by atoms with Crippen molar-refractivity contribution in [3.05, 3.63) is 5.82 Å². The molecule has 0 unspecified atom stereocenters. The number of hydrogen-bond acceptors (Lipinski definition) is 4. The van der Waals surface area contributed by atoms with Crippen LogP contribution in [0.5, 0.6) is 0 Å². The number of thioether (sulfide) groups is 1. The SMILES string of the molecule is Cc1nnc(SCCCCNC(C)C)n1C. The minimum Gasteiger partial charge on any atom is -0.315 e. The molecule has 0 radical (unpaired) electrons. The van der Waals surface area contributed by atoms with Gasteiger partial charge in [-0.05, 0) is 26.3 Å². The summed E-state index contributed by atoms with van der Waals surface area (Å²) in [4.78, 5) is 0. The first-order valence-corrected chi connectivity index (χ1v) is 6.82. The van der Waals surface area contributed by atoms with Crippen molar-refractivity contribution in [2.45, 2.75) is 44.8 Å². The van der Waals surface area contributed by atoms with Crippen molar-refractivity contribution in [1.82, 2.24) is 20.1 Å². The summed E-state index contributed by atoms with van der Waals surface area (Å²) in [6, 6.07) is 0.592. The van der Waals surface area contributed by atoms with E-state index in [1.807, 2.05) is 18.5 Å². The number of nitrogens with one attached hydrogen (secondary N) is 1. The topological polar surface area (TPSA) is 42.7 Å². The van der Waals surface area contributed by atoms with Gasteiger partial charge in [-0.15, -0.1) is 10.2 Å². The van der Waals surface area contributed by atoms with Gasteiger partial charge in [0.25, 0.3) is 0 Å². The third-order valence-electron chi connectivity index (χ3n) is 2.41. The predicted molar refractivity (Wildman–Crippen MR) is 68.8 cm³/mol. The lowest BCUT2D eigenvalue weighted by molar-refractivity contribution is 0.567. The van der Waals surface area contributed by atoms with Crippen molar-refractivity contribution in [1.29, 1.82) is 0 Å². The van der Waals surface area contributed by atoms with Crippen LogP contribution in [0, 0.1) is 6.92 Å². The molecule has 0 spiro atoms. The van der Waals surface area contributed by atoms with E-state index in [4.69, 9.17) is 0 Å². The number of hydrogen-bond donors (Lipinski definition) is 1. The van der Waals surface area contributed by atoms with Crippen molar-refractivity contribution < 1.29 is 0 Å². The monoisotopic (exact) mass is 242 g/mol. The van der Waals surface area contributed by atoms with Gasteiger partial charge >= 0.3 is 0 Å². The van der Waals surface area contributed by atoms with E-state index in [1.54, 1.807) is 11.8 Å². The smallest absolute Gasteiger partial charge is 0.190 e. The quantitative estimate of drug-likeness (QED) is 0.586. The molecule has 1 aromatic heterocycles. The van der Waals surface area contributed by atoms with Gasteiger partial charge in [0.15, 0.2) is 5.16 Å². The van der Waals surface area contributed by atoms with Crippen molar-refractivity contribution in [2.75, 3.05) is 12.3 Å². The average molecular weight is 242 g/mol. The zero-order valence-electron chi connectivity index (χ0n) is 10.7. The van der Waals surface area contributed by atoms with Crippen LogP contribution < -0.4 is 5.32 Å².